The summed E-state index contributed by atoms with van der Waals surface area (Å²) in [4.78, 5) is 0. The van der Waals surface area contributed by atoms with Crippen molar-refractivity contribution in [3.63, 3.8) is 0 Å². The molecule has 0 aliphatic carbocycles. The summed E-state index contributed by atoms with van der Waals surface area (Å²) in [5.41, 5.74) is 1.14. The predicted molar refractivity (Wildman–Crippen MR) is 84.1 cm³/mol. The molecule has 3 nitrogen and oxygen atoms in total. The summed E-state index contributed by atoms with van der Waals surface area (Å²) in [5, 5.41) is 3.25. The van der Waals surface area contributed by atoms with Crippen LogP contribution in [0.2, 0.25) is 0 Å². The summed E-state index contributed by atoms with van der Waals surface area (Å²) in [5.74, 6) is 0.162. The monoisotopic (exact) mass is 347 g/mol. The molecule has 1 N–H and O–H groups in total. The molecule has 0 bridgehead atoms. The molecule has 5 heteroatoms. The molecule has 108 valence electrons. The molecular weight excluding hydrogens is 326 g/mol. The Hall–Kier alpha value is -0.390. The van der Waals surface area contributed by atoms with Crippen LogP contribution in [0.3, 0.4) is 0 Å². The molecule has 0 heterocycles. The van der Waals surface area contributed by atoms with E-state index in [9.17, 15) is 8.42 Å². The van der Waals surface area contributed by atoms with Crippen LogP contribution in [0.5, 0.6) is 0 Å². The highest BCUT2D eigenvalue weighted by molar-refractivity contribution is 9.10. The maximum atomic E-state index is 12.0. The second-order valence-electron chi connectivity index (χ2n) is 5.66. The van der Waals surface area contributed by atoms with E-state index in [4.69, 9.17) is 0 Å². The van der Waals surface area contributed by atoms with E-state index in [0.29, 0.717) is 6.54 Å². The lowest BCUT2D eigenvalue weighted by atomic mass is 10.1. The minimum Gasteiger partial charge on any atom is -0.309 e. The summed E-state index contributed by atoms with van der Waals surface area (Å²) in [7, 11) is -3.06. The fraction of sp³-hybridized carbons (Fsp3) is 0.571. The van der Waals surface area contributed by atoms with Crippen LogP contribution >= 0.6 is 15.9 Å². The lowest BCUT2D eigenvalue weighted by Crippen LogP contribution is -2.35. The zero-order valence-electron chi connectivity index (χ0n) is 11.9. The summed E-state index contributed by atoms with van der Waals surface area (Å²) in [6.45, 7) is 7.71. The second-order valence-corrected chi connectivity index (χ2v) is 9.44. The van der Waals surface area contributed by atoms with Crippen LogP contribution in [0.25, 0.3) is 0 Å². The molecule has 0 aromatic heterocycles. The number of hydrogen-bond acceptors (Lipinski definition) is 3. The first-order valence-electron chi connectivity index (χ1n) is 6.34. The largest absolute Gasteiger partial charge is 0.309 e. The SMILES string of the molecule is C[C@@H](NCCS(=O)(=O)C(C)(C)C)c1cccc(Br)c1. The van der Waals surface area contributed by atoms with Crippen molar-refractivity contribution < 1.29 is 8.42 Å². The zero-order valence-corrected chi connectivity index (χ0v) is 14.3. The standard InChI is InChI=1S/C14H22BrNO2S/c1-11(12-6-5-7-13(15)10-12)16-8-9-19(17,18)14(2,3)4/h5-7,10-11,16H,8-9H2,1-4H3/t11-/m1/s1. The number of sulfone groups is 1. The van der Waals surface area contributed by atoms with Gasteiger partial charge in [0.1, 0.15) is 0 Å². The minimum atomic E-state index is -3.06. The summed E-state index contributed by atoms with van der Waals surface area (Å²) >= 11 is 3.43. The Labute approximate surface area is 124 Å². The molecule has 1 atom stereocenters. The Bertz CT molecular complexity index is 520. The lowest BCUT2D eigenvalue weighted by Gasteiger charge is -2.20. The third-order valence-corrected chi connectivity index (χ3v) is 6.20. The normalized spacial score (nSPS) is 14.4. The van der Waals surface area contributed by atoms with Crippen molar-refractivity contribution in [2.24, 2.45) is 0 Å². The van der Waals surface area contributed by atoms with Gasteiger partial charge in [0.15, 0.2) is 9.84 Å². The van der Waals surface area contributed by atoms with E-state index in [1.54, 1.807) is 20.8 Å². The highest BCUT2D eigenvalue weighted by atomic mass is 79.9. The average Bonchev–Trinajstić information content (AvgIpc) is 2.27. The molecule has 0 unspecified atom stereocenters. The summed E-state index contributed by atoms with van der Waals surface area (Å²) in [6.07, 6.45) is 0. The van der Waals surface area contributed by atoms with Crippen molar-refractivity contribution in [1.29, 1.82) is 0 Å². The van der Waals surface area contributed by atoms with E-state index in [0.717, 1.165) is 10.0 Å². The molecule has 1 aromatic carbocycles. The van der Waals surface area contributed by atoms with Gasteiger partial charge in [-0.05, 0) is 45.4 Å². The van der Waals surface area contributed by atoms with Crippen LogP contribution in [0, 0.1) is 0 Å². The fourth-order valence-corrected chi connectivity index (χ4v) is 3.03. The summed E-state index contributed by atoms with van der Waals surface area (Å²) < 4.78 is 24.3. The van der Waals surface area contributed by atoms with Crippen molar-refractivity contribution >= 4 is 25.8 Å². The quantitative estimate of drug-likeness (QED) is 0.888. The van der Waals surface area contributed by atoms with Crippen LogP contribution in [-0.4, -0.2) is 25.5 Å². The molecule has 0 spiro atoms. The van der Waals surface area contributed by atoms with Crippen molar-refractivity contribution in [3.8, 4) is 0 Å². The molecule has 0 radical (unpaired) electrons. The van der Waals surface area contributed by atoms with Gasteiger partial charge in [0.2, 0.25) is 0 Å². The van der Waals surface area contributed by atoms with Gasteiger partial charge < -0.3 is 5.32 Å². The predicted octanol–water partition coefficient (Wildman–Crippen LogP) is 3.31. The number of nitrogens with one attached hydrogen (secondary N) is 1. The molecule has 0 aliphatic rings. The molecule has 0 saturated heterocycles. The first kappa shape index (κ1) is 16.7. The highest BCUT2D eigenvalue weighted by Crippen LogP contribution is 2.18. The van der Waals surface area contributed by atoms with Crippen LogP contribution < -0.4 is 5.32 Å². The van der Waals surface area contributed by atoms with Crippen molar-refractivity contribution in [1.82, 2.24) is 5.32 Å². The maximum Gasteiger partial charge on any atom is 0.156 e. The van der Waals surface area contributed by atoms with Gasteiger partial charge in [-0.1, -0.05) is 28.1 Å². The average molecular weight is 348 g/mol. The zero-order chi connectivity index (χ0) is 14.7. The molecule has 1 aromatic rings. The summed E-state index contributed by atoms with van der Waals surface area (Å²) in [6, 6.07) is 8.15. The van der Waals surface area contributed by atoms with Crippen LogP contribution in [0.15, 0.2) is 28.7 Å². The van der Waals surface area contributed by atoms with Crippen molar-refractivity contribution in [2.45, 2.75) is 38.5 Å². The molecule has 19 heavy (non-hydrogen) atoms. The Morgan fingerprint density at radius 3 is 2.47 bits per heavy atom. The van der Waals surface area contributed by atoms with Gasteiger partial charge in [-0.15, -0.1) is 0 Å². The van der Waals surface area contributed by atoms with Crippen LogP contribution in [0.4, 0.5) is 0 Å². The van der Waals surface area contributed by atoms with Crippen molar-refractivity contribution in [3.05, 3.63) is 34.3 Å². The van der Waals surface area contributed by atoms with E-state index >= 15 is 0 Å². The van der Waals surface area contributed by atoms with E-state index in [1.165, 1.54) is 0 Å². The van der Waals surface area contributed by atoms with Gasteiger partial charge in [-0.2, -0.15) is 0 Å². The van der Waals surface area contributed by atoms with Crippen molar-refractivity contribution in [2.75, 3.05) is 12.3 Å². The highest BCUT2D eigenvalue weighted by Gasteiger charge is 2.28. The van der Waals surface area contributed by atoms with Gasteiger partial charge in [0.25, 0.3) is 0 Å². The Morgan fingerprint density at radius 2 is 1.95 bits per heavy atom. The lowest BCUT2D eigenvalue weighted by molar-refractivity contribution is 0.546. The molecule has 0 fully saturated rings. The van der Waals surface area contributed by atoms with Crippen LogP contribution in [0.1, 0.15) is 39.3 Å². The maximum absolute atomic E-state index is 12.0. The fourth-order valence-electron chi connectivity index (χ4n) is 1.61. The number of rotatable bonds is 5. The molecule has 1 rings (SSSR count). The molecule has 0 amide bonds. The number of benzene rings is 1. The second kappa shape index (κ2) is 6.37. The molecule has 0 aliphatic heterocycles. The third kappa shape index (κ3) is 4.89. The molecule has 0 saturated carbocycles. The first-order valence-corrected chi connectivity index (χ1v) is 8.79. The topological polar surface area (TPSA) is 46.2 Å². The third-order valence-electron chi connectivity index (χ3n) is 3.10. The first-order chi connectivity index (χ1) is 8.63. The molecular formula is C14H22BrNO2S. The smallest absolute Gasteiger partial charge is 0.156 e. The van der Waals surface area contributed by atoms with Gasteiger partial charge in [-0.3, -0.25) is 0 Å². The van der Waals surface area contributed by atoms with E-state index in [1.807, 2.05) is 31.2 Å². The minimum absolute atomic E-state index is 0.132. The number of halogens is 1. The van der Waals surface area contributed by atoms with E-state index < -0.39 is 14.6 Å². The van der Waals surface area contributed by atoms with Gasteiger partial charge in [-0.25, -0.2) is 8.42 Å². The van der Waals surface area contributed by atoms with Gasteiger partial charge >= 0.3 is 0 Å². The number of hydrogen-bond donors (Lipinski definition) is 1. The Kier molecular flexibility index (Phi) is 5.59. The van der Waals surface area contributed by atoms with E-state index in [2.05, 4.69) is 21.2 Å². The van der Waals surface area contributed by atoms with Crippen LogP contribution in [-0.2, 0) is 9.84 Å². The Morgan fingerprint density at radius 1 is 1.32 bits per heavy atom. The van der Waals surface area contributed by atoms with Gasteiger partial charge in [0.05, 0.1) is 10.5 Å². The van der Waals surface area contributed by atoms with E-state index in [-0.39, 0.29) is 11.8 Å². The Balaban J connectivity index is 2.55. The van der Waals surface area contributed by atoms with Gasteiger partial charge in [0, 0.05) is 17.1 Å².